The summed E-state index contributed by atoms with van der Waals surface area (Å²) in [6.45, 7) is 2.56. The zero-order valence-corrected chi connectivity index (χ0v) is 24.2. The number of para-hydroxylation sites is 1. The molecule has 2 fully saturated rings. The number of amidine groups is 1. The van der Waals surface area contributed by atoms with E-state index >= 15 is 0 Å². The lowest BCUT2D eigenvalue weighted by molar-refractivity contribution is -0.124. The van der Waals surface area contributed by atoms with Crippen LogP contribution in [0.4, 0.5) is 5.69 Å². The van der Waals surface area contributed by atoms with Gasteiger partial charge >= 0.3 is 0 Å². The van der Waals surface area contributed by atoms with Crippen molar-refractivity contribution in [2.24, 2.45) is 10.9 Å². The number of carbonyl (C=O) groups excluding carboxylic acids is 1. The van der Waals surface area contributed by atoms with E-state index < -0.39 is 0 Å². The first kappa shape index (κ1) is 27.6. The average Bonchev–Trinajstić information content (AvgIpc) is 3.24. The van der Waals surface area contributed by atoms with Crippen molar-refractivity contribution >= 4 is 57.8 Å². The summed E-state index contributed by atoms with van der Waals surface area (Å²) in [6, 6.07) is 21.0. The van der Waals surface area contributed by atoms with E-state index in [2.05, 4.69) is 6.92 Å². The van der Waals surface area contributed by atoms with Gasteiger partial charge in [0.15, 0.2) is 16.7 Å². The molecule has 0 radical (unpaired) electrons. The van der Waals surface area contributed by atoms with Crippen LogP contribution in [0.1, 0.15) is 43.7 Å². The van der Waals surface area contributed by atoms with Crippen LogP contribution in [0, 0.1) is 5.92 Å². The van der Waals surface area contributed by atoms with Gasteiger partial charge in [0, 0.05) is 6.04 Å². The SMILES string of the molecule is COc1cc(/C=C2\SC(=Nc3ccccc3)N([C@@H]3CCCC[C@@H]3C)C2=O)ccc1OCc1ccc(Cl)c(Cl)c1. The van der Waals surface area contributed by atoms with Gasteiger partial charge in [-0.05, 0) is 84.1 Å². The molecule has 8 heteroatoms. The number of nitrogens with zero attached hydrogens (tertiary/aromatic N) is 2. The molecule has 5 rings (SSSR count). The second-order valence-electron chi connectivity index (χ2n) is 9.79. The van der Waals surface area contributed by atoms with Gasteiger partial charge in [-0.2, -0.15) is 0 Å². The van der Waals surface area contributed by atoms with Crippen LogP contribution < -0.4 is 9.47 Å². The fourth-order valence-electron chi connectivity index (χ4n) is 4.99. The van der Waals surface area contributed by atoms with Crippen molar-refractivity contribution in [3.63, 3.8) is 0 Å². The summed E-state index contributed by atoms with van der Waals surface area (Å²) in [7, 11) is 1.60. The summed E-state index contributed by atoms with van der Waals surface area (Å²) in [5.41, 5.74) is 2.59. The molecule has 39 heavy (non-hydrogen) atoms. The molecule has 2 aliphatic rings. The largest absolute Gasteiger partial charge is 0.493 e. The molecule has 1 aliphatic heterocycles. The number of ether oxygens (including phenoxy) is 2. The fraction of sp³-hybridized carbons (Fsp3) is 0.290. The molecule has 1 amide bonds. The molecule has 1 saturated carbocycles. The highest BCUT2D eigenvalue weighted by Crippen LogP contribution is 2.41. The molecular weight excluding hydrogens is 551 g/mol. The average molecular weight is 582 g/mol. The predicted molar refractivity (Wildman–Crippen MR) is 161 cm³/mol. The molecule has 0 bridgehead atoms. The summed E-state index contributed by atoms with van der Waals surface area (Å²) in [5.74, 6) is 1.61. The quantitative estimate of drug-likeness (QED) is 0.262. The van der Waals surface area contributed by atoms with Crippen molar-refractivity contribution in [1.82, 2.24) is 4.90 Å². The lowest BCUT2D eigenvalue weighted by Crippen LogP contribution is -2.44. The van der Waals surface area contributed by atoms with E-state index in [9.17, 15) is 4.79 Å². The molecule has 5 nitrogen and oxygen atoms in total. The minimum atomic E-state index is 0.00680. The molecule has 1 heterocycles. The third-order valence-electron chi connectivity index (χ3n) is 7.08. The standard InChI is InChI=1S/C31H30Cl2N2O3S/c1-20-8-6-7-11-26(20)35-30(36)29(39-31(35)34-23-9-4-3-5-10-23)18-21-13-15-27(28(17-21)37-2)38-19-22-12-14-24(32)25(33)16-22/h3-5,9-10,12-18,20,26H,6-8,11,19H2,1-2H3/b29-18-,34-31?/t20-,26+/m0/s1. The fourth-order valence-corrected chi connectivity index (χ4v) is 6.35. The van der Waals surface area contributed by atoms with Crippen LogP contribution in [-0.2, 0) is 11.4 Å². The second kappa shape index (κ2) is 12.5. The second-order valence-corrected chi connectivity index (χ2v) is 11.6. The minimum absolute atomic E-state index is 0.00680. The first-order valence-electron chi connectivity index (χ1n) is 13.0. The van der Waals surface area contributed by atoms with Gasteiger partial charge in [0.05, 0.1) is 27.7 Å². The Kier molecular flexibility index (Phi) is 8.85. The Bertz CT molecular complexity index is 1410. The molecule has 3 aromatic rings. The van der Waals surface area contributed by atoms with Crippen LogP contribution in [0.25, 0.3) is 6.08 Å². The van der Waals surface area contributed by atoms with Gasteiger partial charge in [0.1, 0.15) is 6.61 Å². The molecule has 0 unspecified atom stereocenters. The number of hydrogen-bond acceptors (Lipinski definition) is 5. The topological polar surface area (TPSA) is 51.1 Å². The van der Waals surface area contributed by atoms with Crippen molar-refractivity contribution in [2.45, 2.75) is 45.3 Å². The number of amides is 1. The van der Waals surface area contributed by atoms with Crippen molar-refractivity contribution in [1.29, 1.82) is 0 Å². The molecule has 202 valence electrons. The number of aliphatic imine (C=N–C) groups is 1. The molecule has 1 aliphatic carbocycles. The monoisotopic (exact) mass is 580 g/mol. The first-order valence-corrected chi connectivity index (χ1v) is 14.6. The Labute approximate surface area is 243 Å². The number of thioether (sulfide) groups is 1. The maximum Gasteiger partial charge on any atom is 0.267 e. The minimum Gasteiger partial charge on any atom is -0.493 e. The summed E-state index contributed by atoms with van der Waals surface area (Å²) in [6.07, 6.45) is 6.36. The van der Waals surface area contributed by atoms with E-state index in [1.54, 1.807) is 19.2 Å². The van der Waals surface area contributed by atoms with E-state index in [1.807, 2.05) is 65.6 Å². The van der Waals surface area contributed by atoms with Crippen molar-refractivity contribution in [2.75, 3.05) is 7.11 Å². The zero-order chi connectivity index (χ0) is 27.4. The Morgan fingerprint density at radius 3 is 2.54 bits per heavy atom. The molecular formula is C31H30Cl2N2O3S. The van der Waals surface area contributed by atoms with Crippen LogP contribution in [0.15, 0.2) is 76.6 Å². The zero-order valence-electron chi connectivity index (χ0n) is 21.9. The van der Waals surface area contributed by atoms with E-state index in [-0.39, 0.29) is 11.9 Å². The number of hydrogen-bond donors (Lipinski definition) is 0. The van der Waals surface area contributed by atoms with Crippen molar-refractivity contribution in [3.05, 3.63) is 92.8 Å². The number of benzene rings is 3. The van der Waals surface area contributed by atoms with E-state index in [1.165, 1.54) is 18.2 Å². The highest BCUT2D eigenvalue weighted by Gasteiger charge is 2.41. The van der Waals surface area contributed by atoms with Crippen molar-refractivity contribution < 1.29 is 14.3 Å². The van der Waals surface area contributed by atoms with Crippen LogP contribution >= 0.6 is 35.0 Å². The maximum absolute atomic E-state index is 13.8. The molecule has 1 saturated heterocycles. The summed E-state index contributed by atoms with van der Waals surface area (Å²) >= 11 is 13.6. The van der Waals surface area contributed by atoms with Gasteiger partial charge in [-0.25, -0.2) is 4.99 Å². The number of halogens is 2. The number of carbonyl (C=O) groups is 1. The normalized spacial score (nSPS) is 21.5. The third-order valence-corrected chi connectivity index (χ3v) is 8.80. The van der Waals surface area contributed by atoms with E-state index in [0.29, 0.717) is 39.0 Å². The Balaban J connectivity index is 1.40. The van der Waals surface area contributed by atoms with Gasteiger partial charge in [-0.15, -0.1) is 0 Å². The van der Waals surface area contributed by atoms with Gasteiger partial charge in [-0.1, -0.05) is 73.3 Å². The number of rotatable bonds is 7. The third kappa shape index (κ3) is 6.46. The lowest BCUT2D eigenvalue weighted by atomic mass is 9.85. The van der Waals surface area contributed by atoms with Gasteiger partial charge in [0.2, 0.25) is 0 Å². The smallest absolute Gasteiger partial charge is 0.267 e. The van der Waals surface area contributed by atoms with Crippen LogP contribution in [0.2, 0.25) is 10.0 Å². The molecule has 0 aromatic heterocycles. The van der Waals surface area contributed by atoms with Crippen LogP contribution in [0.3, 0.4) is 0 Å². The molecule has 3 aromatic carbocycles. The Hall–Kier alpha value is -2.93. The summed E-state index contributed by atoms with van der Waals surface area (Å²) < 4.78 is 11.6. The van der Waals surface area contributed by atoms with Crippen molar-refractivity contribution in [3.8, 4) is 11.5 Å². The lowest BCUT2D eigenvalue weighted by Gasteiger charge is -2.35. The van der Waals surface area contributed by atoms with Crippen LogP contribution in [-0.4, -0.2) is 29.1 Å². The molecule has 2 atom stereocenters. The van der Waals surface area contributed by atoms with Gasteiger partial charge in [0.25, 0.3) is 5.91 Å². The summed E-state index contributed by atoms with van der Waals surface area (Å²) in [5, 5.41) is 1.73. The van der Waals surface area contributed by atoms with Gasteiger partial charge in [-0.3, -0.25) is 9.69 Å². The number of methoxy groups -OCH3 is 1. The Morgan fingerprint density at radius 2 is 1.79 bits per heavy atom. The van der Waals surface area contributed by atoms with Crippen LogP contribution in [0.5, 0.6) is 11.5 Å². The predicted octanol–water partition coefficient (Wildman–Crippen LogP) is 8.76. The summed E-state index contributed by atoms with van der Waals surface area (Å²) in [4.78, 5) is 21.2. The Morgan fingerprint density at radius 1 is 1.00 bits per heavy atom. The molecule has 0 N–H and O–H groups in total. The van der Waals surface area contributed by atoms with Gasteiger partial charge < -0.3 is 9.47 Å². The van der Waals surface area contributed by atoms with E-state index in [0.717, 1.165) is 41.2 Å². The van der Waals surface area contributed by atoms with E-state index in [4.69, 9.17) is 37.7 Å². The first-order chi connectivity index (χ1) is 18.9. The molecule has 0 spiro atoms. The highest BCUT2D eigenvalue weighted by molar-refractivity contribution is 8.18. The highest BCUT2D eigenvalue weighted by atomic mass is 35.5. The maximum atomic E-state index is 13.8.